The molecule has 1 unspecified atom stereocenters. The van der Waals surface area contributed by atoms with Crippen molar-refractivity contribution in [1.29, 1.82) is 0 Å². The van der Waals surface area contributed by atoms with E-state index < -0.39 is 0 Å². The summed E-state index contributed by atoms with van der Waals surface area (Å²) in [5.74, 6) is 0.967. The summed E-state index contributed by atoms with van der Waals surface area (Å²) in [6.07, 6.45) is 2.90. The van der Waals surface area contributed by atoms with Gasteiger partial charge in [-0.15, -0.1) is 0 Å². The number of hydrogen-bond acceptors (Lipinski definition) is 4. The summed E-state index contributed by atoms with van der Waals surface area (Å²) in [5, 5.41) is 6.16. The molecule has 0 radical (unpaired) electrons. The zero-order chi connectivity index (χ0) is 16.9. The molecule has 1 atom stereocenters. The van der Waals surface area contributed by atoms with Crippen LogP contribution in [0.5, 0.6) is 0 Å². The molecule has 1 heterocycles. The molecule has 1 aromatic heterocycles. The van der Waals surface area contributed by atoms with Gasteiger partial charge in [0.05, 0.1) is 23.7 Å². The van der Waals surface area contributed by atoms with E-state index in [2.05, 4.69) is 11.4 Å². The molecule has 0 aliphatic carbocycles. The van der Waals surface area contributed by atoms with Gasteiger partial charge >= 0.3 is 0 Å². The Balaban J connectivity index is 2.09. The third kappa shape index (κ3) is 3.52. The molecular formula is C19H21N3OS. The zero-order valence-electron chi connectivity index (χ0n) is 13.7. The molecular weight excluding hydrogens is 318 g/mol. The maximum atomic E-state index is 12.8. The molecule has 2 N–H and O–H groups in total. The predicted molar refractivity (Wildman–Crippen MR) is 101 cm³/mol. The van der Waals surface area contributed by atoms with Crippen molar-refractivity contribution in [3.05, 3.63) is 76.2 Å². The molecule has 0 spiro atoms. The first-order chi connectivity index (χ1) is 11.7. The van der Waals surface area contributed by atoms with Crippen LogP contribution in [0.3, 0.4) is 0 Å². The lowest BCUT2D eigenvalue weighted by Crippen LogP contribution is -2.27. The van der Waals surface area contributed by atoms with Gasteiger partial charge in [-0.25, -0.2) is 4.68 Å². The highest BCUT2D eigenvalue weighted by Gasteiger charge is 2.16. The van der Waals surface area contributed by atoms with Gasteiger partial charge in [-0.2, -0.15) is 16.9 Å². The first kappa shape index (κ1) is 16.7. The Morgan fingerprint density at radius 2 is 1.75 bits per heavy atom. The Morgan fingerprint density at radius 3 is 2.46 bits per heavy atom. The fourth-order valence-electron chi connectivity index (χ4n) is 2.78. The third-order valence-electron chi connectivity index (χ3n) is 4.06. The van der Waals surface area contributed by atoms with Crippen LogP contribution in [0, 0.1) is 0 Å². The fourth-order valence-corrected chi connectivity index (χ4v) is 3.27. The summed E-state index contributed by atoms with van der Waals surface area (Å²) in [6.45, 7) is 0.451. The number of rotatable bonds is 6. The van der Waals surface area contributed by atoms with E-state index in [4.69, 9.17) is 5.73 Å². The quantitative estimate of drug-likeness (QED) is 0.749. The first-order valence-electron chi connectivity index (χ1n) is 7.99. The molecule has 124 valence electrons. The molecule has 4 nitrogen and oxygen atoms in total. The van der Waals surface area contributed by atoms with Crippen LogP contribution in [0.15, 0.2) is 59.4 Å². The molecule has 2 aromatic carbocycles. The fraction of sp³-hybridized carbons (Fsp3) is 0.263. The topological polar surface area (TPSA) is 60.9 Å². The Hall–Kier alpha value is -2.11. The van der Waals surface area contributed by atoms with Crippen LogP contribution in [0.25, 0.3) is 10.8 Å². The molecule has 0 bridgehead atoms. The summed E-state index contributed by atoms with van der Waals surface area (Å²) < 4.78 is 1.53. The number of hydrogen-bond donors (Lipinski definition) is 1. The van der Waals surface area contributed by atoms with Crippen molar-refractivity contribution in [2.24, 2.45) is 5.73 Å². The third-order valence-corrected chi connectivity index (χ3v) is 4.70. The highest BCUT2D eigenvalue weighted by molar-refractivity contribution is 7.98. The van der Waals surface area contributed by atoms with Gasteiger partial charge in [0, 0.05) is 5.39 Å². The molecule has 0 fully saturated rings. The van der Waals surface area contributed by atoms with Crippen LogP contribution in [-0.2, 0) is 6.54 Å². The van der Waals surface area contributed by atoms with E-state index in [1.165, 1.54) is 4.68 Å². The maximum Gasteiger partial charge on any atom is 0.274 e. The van der Waals surface area contributed by atoms with E-state index in [0.29, 0.717) is 11.9 Å². The second-order valence-corrected chi connectivity index (χ2v) is 6.75. The molecule has 0 aliphatic heterocycles. The Morgan fingerprint density at radius 1 is 1.08 bits per heavy atom. The van der Waals surface area contributed by atoms with E-state index in [1.54, 1.807) is 11.8 Å². The van der Waals surface area contributed by atoms with Crippen LogP contribution in [-0.4, -0.2) is 21.8 Å². The Kier molecular flexibility index (Phi) is 5.33. The van der Waals surface area contributed by atoms with Crippen molar-refractivity contribution in [1.82, 2.24) is 9.78 Å². The van der Waals surface area contributed by atoms with Crippen molar-refractivity contribution in [3.8, 4) is 0 Å². The summed E-state index contributed by atoms with van der Waals surface area (Å²) >= 11 is 1.76. The molecule has 24 heavy (non-hydrogen) atoms. The molecule has 5 heteroatoms. The lowest BCUT2D eigenvalue weighted by atomic mass is 10.0. The standard InChI is InChI=1S/C19H21N3OS/c1-24-12-11-17(20)18-15-9-5-6-10-16(15)19(23)22(21-18)13-14-7-3-2-4-8-14/h2-10,17H,11-13,20H2,1H3. The minimum atomic E-state index is -0.176. The second-order valence-electron chi connectivity index (χ2n) is 5.77. The van der Waals surface area contributed by atoms with Crippen molar-refractivity contribution in [3.63, 3.8) is 0 Å². The van der Waals surface area contributed by atoms with Crippen molar-refractivity contribution >= 4 is 22.5 Å². The average Bonchev–Trinajstić information content (AvgIpc) is 2.63. The Bertz CT molecular complexity index is 877. The summed E-state index contributed by atoms with van der Waals surface area (Å²) in [6, 6.07) is 17.3. The largest absolute Gasteiger partial charge is 0.323 e. The normalized spacial score (nSPS) is 12.4. The molecule has 3 aromatic rings. The van der Waals surface area contributed by atoms with Gasteiger partial charge in [-0.1, -0.05) is 48.5 Å². The molecule has 3 rings (SSSR count). The van der Waals surface area contributed by atoms with E-state index in [-0.39, 0.29) is 11.6 Å². The Labute approximate surface area is 145 Å². The van der Waals surface area contributed by atoms with Crippen LogP contribution < -0.4 is 11.3 Å². The highest BCUT2D eigenvalue weighted by Crippen LogP contribution is 2.21. The minimum absolute atomic E-state index is 0.0738. The van der Waals surface area contributed by atoms with Crippen molar-refractivity contribution in [2.45, 2.75) is 19.0 Å². The summed E-state index contributed by atoms with van der Waals surface area (Å²) in [4.78, 5) is 12.8. The summed E-state index contributed by atoms with van der Waals surface area (Å²) in [5.41, 5.74) is 8.14. The molecule has 0 saturated heterocycles. The predicted octanol–water partition coefficient (Wildman–Crippen LogP) is 3.20. The molecule has 0 saturated carbocycles. The second kappa shape index (κ2) is 7.64. The van der Waals surface area contributed by atoms with Gasteiger partial charge in [-0.3, -0.25) is 4.79 Å². The van der Waals surface area contributed by atoms with Gasteiger partial charge in [0.1, 0.15) is 0 Å². The average molecular weight is 339 g/mol. The van der Waals surface area contributed by atoms with Gasteiger partial charge < -0.3 is 5.73 Å². The van der Waals surface area contributed by atoms with E-state index in [1.807, 2.05) is 54.6 Å². The zero-order valence-corrected chi connectivity index (χ0v) is 14.5. The van der Waals surface area contributed by atoms with Gasteiger partial charge in [0.15, 0.2) is 0 Å². The number of aromatic nitrogens is 2. The molecule has 0 amide bonds. The van der Waals surface area contributed by atoms with Crippen molar-refractivity contribution in [2.75, 3.05) is 12.0 Å². The van der Waals surface area contributed by atoms with E-state index >= 15 is 0 Å². The lowest BCUT2D eigenvalue weighted by Gasteiger charge is -2.16. The van der Waals surface area contributed by atoms with Gasteiger partial charge in [0.2, 0.25) is 0 Å². The number of benzene rings is 2. The first-order valence-corrected chi connectivity index (χ1v) is 9.38. The number of fused-ring (bicyclic) bond motifs is 1. The number of thioether (sulfide) groups is 1. The number of nitrogens with two attached hydrogens (primary N) is 1. The van der Waals surface area contributed by atoms with Crippen LogP contribution >= 0.6 is 11.8 Å². The number of nitrogens with zero attached hydrogens (tertiary/aromatic N) is 2. The monoisotopic (exact) mass is 339 g/mol. The van der Waals surface area contributed by atoms with Crippen LogP contribution in [0.4, 0.5) is 0 Å². The smallest absolute Gasteiger partial charge is 0.274 e. The summed E-state index contributed by atoms with van der Waals surface area (Å²) in [7, 11) is 0. The van der Waals surface area contributed by atoms with Gasteiger partial charge in [-0.05, 0) is 30.1 Å². The molecule has 0 aliphatic rings. The van der Waals surface area contributed by atoms with E-state index in [9.17, 15) is 4.79 Å². The SMILES string of the molecule is CSCCC(N)c1nn(Cc2ccccc2)c(=O)c2ccccc12. The van der Waals surface area contributed by atoms with Crippen LogP contribution in [0.1, 0.15) is 23.7 Å². The van der Waals surface area contributed by atoms with Crippen molar-refractivity contribution < 1.29 is 0 Å². The lowest BCUT2D eigenvalue weighted by molar-refractivity contribution is 0.589. The van der Waals surface area contributed by atoms with E-state index in [0.717, 1.165) is 28.8 Å². The highest BCUT2D eigenvalue weighted by atomic mass is 32.2. The van der Waals surface area contributed by atoms with Gasteiger partial charge in [0.25, 0.3) is 5.56 Å². The minimum Gasteiger partial charge on any atom is -0.323 e. The maximum absolute atomic E-state index is 12.8. The van der Waals surface area contributed by atoms with Crippen LogP contribution in [0.2, 0.25) is 0 Å².